The number of nitrogens with one attached hydrogen (secondary N) is 2. The first-order valence-electron chi connectivity index (χ1n) is 10.0. The van der Waals surface area contributed by atoms with E-state index in [1.807, 2.05) is 11.3 Å². The van der Waals surface area contributed by atoms with Crippen LogP contribution < -0.4 is 10.6 Å². The Labute approximate surface area is 197 Å². The average Bonchev–Trinajstić information content (AvgIpc) is 3.21. The second-order valence-electron chi connectivity index (χ2n) is 7.30. The highest BCUT2D eigenvalue weighted by atomic mass is 127. The summed E-state index contributed by atoms with van der Waals surface area (Å²) in [6.45, 7) is 4.87. The van der Waals surface area contributed by atoms with Gasteiger partial charge in [-0.3, -0.25) is 9.89 Å². The van der Waals surface area contributed by atoms with Gasteiger partial charge in [0, 0.05) is 44.6 Å². The smallest absolute Gasteiger partial charge is 0.213 e. The fraction of sp³-hybridized carbons (Fsp3) is 0.737. The molecule has 0 aromatic carbocycles. The average molecular weight is 558 g/mol. The number of aliphatic imine (C=N–C) groups is 1. The molecule has 1 aromatic heterocycles. The van der Waals surface area contributed by atoms with Crippen LogP contribution in [-0.2, 0) is 10.0 Å². The molecule has 1 aliphatic heterocycles. The molecular formula is C19H36IN5O2S2. The molecule has 1 saturated heterocycles. The van der Waals surface area contributed by atoms with Crippen LogP contribution in [0.1, 0.15) is 37.1 Å². The molecule has 2 rings (SSSR count). The monoisotopic (exact) mass is 557 g/mol. The van der Waals surface area contributed by atoms with Crippen LogP contribution in [0, 0.1) is 5.92 Å². The Kier molecular flexibility index (Phi) is 12.0. The van der Waals surface area contributed by atoms with E-state index in [-0.39, 0.29) is 29.7 Å². The van der Waals surface area contributed by atoms with Crippen LogP contribution in [0.4, 0.5) is 0 Å². The minimum absolute atomic E-state index is 0. The van der Waals surface area contributed by atoms with Gasteiger partial charge in [0.05, 0.1) is 5.75 Å². The van der Waals surface area contributed by atoms with Gasteiger partial charge < -0.3 is 10.6 Å². The standard InChI is InChI=1S/C19H35N5O2S2.HI/c1-5-28(25,26)24(4)13-8-11-21-19(20-2)22-15-16-9-6-12-23(3)18(16)17-10-7-14-27-17;/h7,10,14,16,18H,5-6,8-9,11-13,15H2,1-4H3,(H2,20,21,22);1H. The van der Waals surface area contributed by atoms with Crippen molar-refractivity contribution in [2.75, 3.05) is 53.1 Å². The minimum Gasteiger partial charge on any atom is -0.356 e. The molecule has 0 saturated carbocycles. The first kappa shape index (κ1) is 26.6. The first-order chi connectivity index (χ1) is 13.4. The van der Waals surface area contributed by atoms with Gasteiger partial charge in [-0.1, -0.05) is 6.07 Å². The SMILES string of the molecule is CCS(=O)(=O)N(C)CCCNC(=NC)NCC1CCCN(C)C1c1cccs1.I. The van der Waals surface area contributed by atoms with Gasteiger partial charge in [0.2, 0.25) is 10.0 Å². The Hall–Kier alpha value is -0.430. The summed E-state index contributed by atoms with van der Waals surface area (Å²) in [5, 5.41) is 8.92. The highest BCUT2D eigenvalue weighted by Gasteiger charge is 2.31. The number of piperidine rings is 1. The Morgan fingerprint density at radius 3 is 2.79 bits per heavy atom. The summed E-state index contributed by atoms with van der Waals surface area (Å²) in [6.07, 6.45) is 3.16. The van der Waals surface area contributed by atoms with Gasteiger partial charge in [-0.15, -0.1) is 35.3 Å². The van der Waals surface area contributed by atoms with E-state index in [2.05, 4.69) is 45.1 Å². The van der Waals surface area contributed by atoms with Gasteiger partial charge in [-0.05, 0) is 57.1 Å². The normalized spacial score (nSPS) is 21.1. The van der Waals surface area contributed by atoms with E-state index in [1.165, 1.54) is 22.0 Å². The number of guanidine groups is 1. The Morgan fingerprint density at radius 2 is 2.17 bits per heavy atom. The van der Waals surface area contributed by atoms with Crippen LogP contribution in [0.2, 0.25) is 0 Å². The lowest BCUT2D eigenvalue weighted by molar-refractivity contribution is 0.125. The Bertz CT molecular complexity index is 712. The molecule has 7 nitrogen and oxygen atoms in total. The van der Waals surface area contributed by atoms with Gasteiger partial charge in [0.25, 0.3) is 0 Å². The van der Waals surface area contributed by atoms with Crippen LogP contribution in [0.25, 0.3) is 0 Å². The third-order valence-electron chi connectivity index (χ3n) is 5.38. The molecule has 2 unspecified atom stereocenters. The molecule has 29 heavy (non-hydrogen) atoms. The number of halogens is 1. The second-order valence-corrected chi connectivity index (χ2v) is 10.6. The second kappa shape index (κ2) is 13.1. The molecule has 2 heterocycles. The highest BCUT2D eigenvalue weighted by molar-refractivity contribution is 14.0. The molecule has 1 aromatic rings. The van der Waals surface area contributed by atoms with Crippen molar-refractivity contribution in [1.29, 1.82) is 0 Å². The fourth-order valence-electron chi connectivity index (χ4n) is 3.70. The van der Waals surface area contributed by atoms with Crippen LogP contribution >= 0.6 is 35.3 Å². The lowest BCUT2D eigenvalue weighted by Gasteiger charge is -2.39. The minimum atomic E-state index is -3.11. The topological polar surface area (TPSA) is 77.0 Å². The molecular weight excluding hydrogens is 521 g/mol. The molecule has 0 bridgehead atoms. The van der Waals surface area contributed by atoms with Crippen molar-refractivity contribution >= 4 is 51.3 Å². The molecule has 1 fully saturated rings. The lowest BCUT2D eigenvalue weighted by atomic mass is 9.88. The van der Waals surface area contributed by atoms with Gasteiger partial charge in [-0.2, -0.15) is 0 Å². The van der Waals surface area contributed by atoms with Crippen molar-refractivity contribution in [2.24, 2.45) is 10.9 Å². The maximum Gasteiger partial charge on any atom is 0.213 e. The van der Waals surface area contributed by atoms with Crippen molar-refractivity contribution < 1.29 is 8.42 Å². The maximum atomic E-state index is 11.8. The Morgan fingerprint density at radius 1 is 1.41 bits per heavy atom. The fourth-order valence-corrected chi connectivity index (χ4v) is 5.53. The molecule has 1 aliphatic rings. The summed E-state index contributed by atoms with van der Waals surface area (Å²) < 4.78 is 25.0. The summed E-state index contributed by atoms with van der Waals surface area (Å²) in [4.78, 5) is 8.20. The van der Waals surface area contributed by atoms with E-state index < -0.39 is 10.0 Å². The number of nitrogens with zero attached hydrogens (tertiary/aromatic N) is 3. The van der Waals surface area contributed by atoms with E-state index in [4.69, 9.17) is 0 Å². The highest BCUT2D eigenvalue weighted by Crippen LogP contribution is 2.36. The predicted octanol–water partition coefficient (Wildman–Crippen LogP) is 2.59. The van der Waals surface area contributed by atoms with Crippen molar-refractivity contribution in [3.63, 3.8) is 0 Å². The van der Waals surface area contributed by atoms with Crippen LogP contribution in [0.15, 0.2) is 22.5 Å². The van der Waals surface area contributed by atoms with Crippen LogP contribution in [-0.4, -0.2) is 76.7 Å². The van der Waals surface area contributed by atoms with Crippen molar-refractivity contribution in [1.82, 2.24) is 19.8 Å². The summed E-state index contributed by atoms with van der Waals surface area (Å²) in [5.74, 6) is 1.46. The van der Waals surface area contributed by atoms with E-state index >= 15 is 0 Å². The zero-order valence-corrected chi connectivity index (χ0v) is 21.9. The number of sulfonamides is 1. The molecule has 0 spiro atoms. The van der Waals surface area contributed by atoms with Gasteiger partial charge in [0.15, 0.2) is 5.96 Å². The van der Waals surface area contributed by atoms with E-state index in [0.717, 1.165) is 25.5 Å². The predicted molar refractivity (Wildman–Crippen MR) is 134 cm³/mol. The van der Waals surface area contributed by atoms with Crippen LogP contribution in [0.3, 0.4) is 0 Å². The summed E-state index contributed by atoms with van der Waals surface area (Å²) in [5.41, 5.74) is 0. The molecule has 168 valence electrons. The molecule has 0 aliphatic carbocycles. The number of rotatable bonds is 9. The Balaban J connectivity index is 0.00000420. The van der Waals surface area contributed by atoms with E-state index in [0.29, 0.717) is 25.0 Å². The molecule has 0 radical (unpaired) electrons. The van der Waals surface area contributed by atoms with Crippen LogP contribution in [0.5, 0.6) is 0 Å². The molecule has 2 N–H and O–H groups in total. The quantitative estimate of drug-likeness (QED) is 0.211. The summed E-state index contributed by atoms with van der Waals surface area (Å²) in [6, 6.07) is 4.81. The zero-order chi connectivity index (χ0) is 20.6. The largest absolute Gasteiger partial charge is 0.356 e. The zero-order valence-electron chi connectivity index (χ0n) is 17.9. The van der Waals surface area contributed by atoms with Crippen molar-refractivity contribution in [3.8, 4) is 0 Å². The lowest BCUT2D eigenvalue weighted by Crippen LogP contribution is -2.45. The third kappa shape index (κ3) is 7.97. The number of thiophene rings is 1. The van der Waals surface area contributed by atoms with Gasteiger partial charge in [-0.25, -0.2) is 12.7 Å². The number of likely N-dealkylation sites (tertiary alicyclic amines) is 1. The maximum absolute atomic E-state index is 11.8. The molecule has 0 amide bonds. The molecule has 2 atom stereocenters. The summed E-state index contributed by atoms with van der Waals surface area (Å²) >= 11 is 1.83. The van der Waals surface area contributed by atoms with Gasteiger partial charge >= 0.3 is 0 Å². The van der Waals surface area contributed by atoms with Crippen molar-refractivity contribution in [3.05, 3.63) is 22.4 Å². The first-order valence-corrected chi connectivity index (χ1v) is 12.5. The number of hydrogen-bond donors (Lipinski definition) is 2. The van der Waals surface area contributed by atoms with Crippen molar-refractivity contribution in [2.45, 2.75) is 32.2 Å². The van der Waals surface area contributed by atoms with E-state index in [9.17, 15) is 8.42 Å². The third-order valence-corrected chi connectivity index (χ3v) is 8.18. The van der Waals surface area contributed by atoms with E-state index in [1.54, 1.807) is 21.0 Å². The number of hydrogen-bond acceptors (Lipinski definition) is 5. The van der Waals surface area contributed by atoms with Gasteiger partial charge in [0.1, 0.15) is 0 Å². The molecule has 10 heteroatoms. The summed E-state index contributed by atoms with van der Waals surface area (Å²) in [7, 11) is 2.51.